The van der Waals surface area contributed by atoms with Crippen molar-refractivity contribution in [2.75, 3.05) is 26.2 Å². The van der Waals surface area contributed by atoms with Gasteiger partial charge in [-0.25, -0.2) is 8.78 Å². The summed E-state index contributed by atoms with van der Waals surface area (Å²) in [6.45, 7) is 5.95. The highest BCUT2D eigenvalue weighted by Crippen LogP contribution is 2.13. The van der Waals surface area contributed by atoms with Gasteiger partial charge in [-0.05, 0) is 24.6 Å². The summed E-state index contributed by atoms with van der Waals surface area (Å²) < 4.78 is 26.3. The fourth-order valence-electron chi connectivity index (χ4n) is 2.45. The highest BCUT2D eigenvalue weighted by atomic mass is 32.1. The number of benzene rings is 1. The molecule has 0 bridgehead atoms. The predicted octanol–water partition coefficient (Wildman–Crippen LogP) is 1.76. The zero-order valence-corrected chi connectivity index (χ0v) is 12.3. The van der Waals surface area contributed by atoms with E-state index in [0.717, 1.165) is 32.2 Å². The van der Waals surface area contributed by atoms with Crippen molar-refractivity contribution in [1.29, 1.82) is 0 Å². The molecule has 0 aromatic heterocycles. The van der Waals surface area contributed by atoms with Crippen molar-refractivity contribution in [1.82, 2.24) is 9.80 Å². The average molecular weight is 299 g/mol. The van der Waals surface area contributed by atoms with E-state index in [4.69, 9.17) is 18.0 Å². The van der Waals surface area contributed by atoms with E-state index in [0.29, 0.717) is 17.1 Å². The Morgan fingerprint density at radius 1 is 1.20 bits per heavy atom. The summed E-state index contributed by atoms with van der Waals surface area (Å²) in [7, 11) is 0. The molecular weight excluding hydrogens is 280 g/mol. The minimum atomic E-state index is -0.527. The van der Waals surface area contributed by atoms with Gasteiger partial charge in [0.05, 0.1) is 11.0 Å². The van der Waals surface area contributed by atoms with Crippen LogP contribution in [0, 0.1) is 11.6 Å². The molecule has 1 saturated heterocycles. The van der Waals surface area contributed by atoms with Crippen LogP contribution in [0.4, 0.5) is 8.78 Å². The van der Waals surface area contributed by atoms with Gasteiger partial charge < -0.3 is 5.73 Å². The van der Waals surface area contributed by atoms with Gasteiger partial charge in [0.15, 0.2) is 0 Å². The van der Waals surface area contributed by atoms with Crippen LogP contribution in [0.25, 0.3) is 0 Å². The lowest BCUT2D eigenvalue weighted by Gasteiger charge is -2.37. The third-order valence-corrected chi connectivity index (χ3v) is 4.04. The Morgan fingerprint density at radius 2 is 1.75 bits per heavy atom. The molecule has 2 N–H and O–H groups in total. The monoisotopic (exact) mass is 299 g/mol. The minimum absolute atomic E-state index is 0.0961. The molecular formula is C14H19F2N3S. The standard InChI is InChI=1S/C14H19F2N3S/c1-10(14(17)20)19-4-2-18(3-5-19)9-11-6-12(15)8-13(16)7-11/h6-8,10H,2-5,9H2,1H3,(H2,17,20). The molecule has 1 unspecified atom stereocenters. The number of nitrogens with zero attached hydrogens (tertiary/aromatic N) is 2. The van der Waals surface area contributed by atoms with Crippen LogP contribution >= 0.6 is 12.2 Å². The number of nitrogens with two attached hydrogens (primary N) is 1. The van der Waals surface area contributed by atoms with Crippen molar-refractivity contribution < 1.29 is 8.78 Å². The molecule has 1 aliphatic rings. The Kier molecular flexibility index (Phi) is 5.01. The normalized spacial score (nSPS) is 18.9. The number of hydrogen-bond acceptors (Lipinski definition) is 3. The molecule has 1 heterocycles. The number of thiocarbonyl (C=S) groups is 1. The Balaban J connectivity index is 1.89. The van der Waals surface area contributed by atoms with Crippen molar-refractivity contribution in [3.05, 3.63) is 35.4 Å². The quantitative estimate of drug-likeness (QED) is 0.859. The van der Waals surface area contributed by atoms with E-state index >= 15 is 0 Å². The topological polar surface area (TPSA) is 32.5 Å². The van der Waals surface area contributed by atoms with Gasteiger partial charge in [-0.2, -0.15) is 0 Å². The van der Waals surface area contributed by atoms with Crippen LogP contribution in [-0.4, -0.2) is 47.0 Å². The van der Waals surface area contributed by atoms with E-state index in [9.17, 15) is 8.78 Å². The maximum atomic E-state index is 13.1. The zero-order valence-electron chi connectivity index (χ0n) is 11.5. The summed E-state index contributed by atoms with van der Waals surface area (Å²) in [5, 5.41) is 0. The van der Waals surface area contributed by atoms with E-state index in [1.807, 2.05) is 6.92 Å². The molecule has 1 fully saturated rings. The first-order valence-corrected chi connectivity index (χ1v) is 7.07. The zero-order chi connectivity index (χ0) is 14.7. The summed E-state index contributed by atoms with van der Waals surface area (Å²) in [6.07, 6.45) is 0. The van der Waals surface area contributed by atoms with E-state index in [1.165, 1.54) is 12.1 Å². The number of piperazine rings is 1. The molecule has 0 radical (unpaired) electrons. The Bertz CT molecular complexity index is 467. The Labute approximate surface area is 123 Å². The van der Waals surface area contributed by atoms with Gasteiger partial charge >= 0.3 is 0 Å². The molecule has 1 aromatic rings. The molecule has 0 amide bonds. The van der Waals surface area contributed by atoms with Crippen LogP contribution in [-0.2, 0) is 6.54 Å². The fourth-order valence-corrected chi connectivity index (χ4v) is 2.60. The maximum absolute atomic E-state index is 13.1. The van der Waals surface area contributed by atoms with Gasteiger partial charge in [-0.3, -0.25) is 9.80 Å². The molecule has 1 aromatic carbocycles. The third-order valence-electron chi connectivity index (χ3n) is 3.69. The molecule has 0 saturated carbocycles. The van der Waals surface area contributed by atoms with Gasteiger partial charge in [0, 0.05) is 38.8 Å². The first-order chi connectivity index (χ1) is 9.45. The first kappa shape index (κ1) is 15.3. The molecule has 0 aliphatic carbocycles. The van der Waals surface area contributed by atoms with E-state index in [-0.39, 0.29) is 6.04 Å². The Hall–Kier alpha value is -1.11. The van der Waals surface area contributed by atoms with Crippen molar-refractivity contribution in [3.63, 3.8) is 0 Å². The van der Waals surface area contributed by atoms with Crippen LogP contribution in [0.2, 0.25) is 0 Å². The SMILES string of the molecule is CC(C(N)=S)N1CCN(Cc2cc(F)cc(F)c2)CC1. The summed E-state index contributed by atoms with van der Waals surface area (Å²) >= 11 is 5.00. The summed E-state index contributed by atoms with van der Waals surface area (Å²) in [5.74, 6) is -1.05. The largest absolute Gasteiger partial charge is 0.392 e. The lowest BCUT2D eigenvalue weighted by molar-refractivity contribution is 0.117. The van der Waals surface area contributed by atoms with Crippen LogP contribution in [0.3, 0.4) is 0 Å². The second-order valence-electron chi connectivity index (χ2n) is 5.17. The highest BCUT2D eigenvalue weighted by molar-refractivity contribution is 7.80. The molecule has 1 atom stereocenters. The van der Waals surface area contributed by atoms with Crippen LogP contribution in [0.5, 0.6) is 0 Å². The van der Waals surface area contributed by atoms with E-state index in [2.05, 4.69) is 9.80 Å². The summed E-state index contributed by atoms with van der Waals surface area (Å²) in [4.78, 5) is 4.91. The molecule has 6 heteroatoms. The number of hydrogen-bond donors (Lipinski definition) is 1. The maximum Gasteiger partial charge on any atom is 0.126 e. The van der Waals surface area contributed by atoms with Crippen LogP contribution < -0.4 is 5.73 Å². The first-order valence-electron chi connectivity index (χ1n) is 6.66. The molecule has 110 valence electrons. The third kappa shape index (κ3) is 3.94. The van der Waals surface area contributed by atoms with Crippen LogP contribution in [0.1, 0.15) is 12.5 Å². The molecule has 0 spiro atoms. The lowest BCUT2D eigenvalue weighted by Crippen LogP contribution is -2.52. The second kappa shape index (κ2) is 6.56. The molecule has 3 nitrogen and oxygen atoms in total. The van der Waals surface area contributed by atoms with Gasteiger partial charge in [0.2, 0.25) is 0 Å². The lowest BCUT2D eigenvalue weighted by atomic mass is 10.1. The minimum Gasteiger partial charge on any atom is -0.392 e. The predicted molar refractivity (Wildman–Crippen MR) is 79.5 cm³/mol. The van der Waals surface area contributed by atoms with Gasteiger partial charge in [0.1, 0.15) is 11.6 Å². The van der Waals surface area contributed by atoms with E-state index < -0.39 is 11.6 Å². The summed E-state index contributed by atoms with van der Waals surface area (Å²) in [5.41, 5.74) is 6.32. The number of halogens is 2. The summed E-state index contributed by atoms with van der Waals surface area (Å²) in [6, 6.07) is 3.75. The van der Waals surface area contributed by atoms with Crippen molar-refractivity contribution >= 4 is 17.2 Å². The molecule has 2 rings (SSSR count). The van der Waals surface area contributed by atoms with Gasteiger partial charge in [-0.1, -0.05) is 12.2 Å². The van der Waals surface area contributed by atoms with Crippen molar-refractivity contribution in [2.24, 2.45) is 5.73 Å². The average Bonchev–Trinajstić information content (AvgIpc) is 2.37. The van der Waals surface area contributed by atoms with Gasteiger partial charge in [-0.15, -0.1) is 0 Å². The van der Waals surface area contributed by atoms with Gasteiger partial charge in [0.25, 0.3) is 0 Å². The van der Waals surface area contributed by atoms with Crippen molar-refractivity contribution in [3.8, 4) is 0 Å². The fraction of sp³-hybridized carbons (Fsp3) is 0.500. The molecule has 20 heavy (non-hydrogen) atoms. The molecule has 1 aliphatic heterocycles. The van der Waals surface area contributed by atoms with Crippen LogP contribution in [0.15, 0.2) is 18.2 Å². The van der Waals surface area contributed by atoms with E-state index in [1.54, 1.807) is 0 Å². The highest BCUT2D eigenvalue weighted by Gasteiger charge is 2.22. The Morgan fingerprint density at radius 3 is 2.25 bits per heavy atom. The second-order valence-corrected chi connectivity index (χ2v) is 5.64. The smallest absolute Gasteiger partial charge is 0.126 e. The number of rotatable bonds is 4. The van der Waals surface area contributed by atoms with Crippen molar-refractivity contribution in [2.45, 2.75) is 19.5 Å².